The van der Waals surface area contributed by atoms with Crippen molar-refractivity contribution in [2.24, 2.45) is 4.99 Å². The first-order chi connectivity index (χ1) is 13.4. The molecule has 0 aliphatic heterocycles. The predicted octanol–water partition coefficient (Wildman–Crippen LogP) is 3.39. The van der Waals surface area contributed by atoms with E-state index in [1.807, 2.05) is 38.1 Å². The van der Waals surface area contributed by atoms with Crippen molar-refractivity contribution < 1.29 is 19.1 Å². The molecule has 6 nitrogen and oxygen atoms in total. The lowest BCUT2D eigenvalue weighted by Crippen LogP contribution is -2.27. The summed E-state index contributed by atoms with van der Waals surface area (Å²) >= 11 is 1.38. The number of hydrogen-bond donors (Lipinski definition) is 0. The van der Waals surface area contributed by atoms with Crippen LogP contribution in [0.5, 0.6) is 5.75 Å². The van der Waals surface area contributed by atoms with Gasteiger partial charge in [0.25, 0.3) is 5.91 Å². The van der Waals surface area contributed by atoms with Gasteiger partial charge in [0.2, 0.25) is 0 Å². The summed E-state index contributed by atoms with van der Waals surface area (Å²) in [5.74, 6) is -0.214. The summed E-state index contributed by atoms with van der Waals surface area (Å²) in [5.41, 5.74) is 3.00. The maximum absolute atomic E-state index is 12.6. The molecule has 2 aromatic carbocycles. The molecule has 146 valence electrons. The molecule has 7 heteroatoms. The number of ether oxygens (including phenoxy) is 2. The van der Waals surface area contributed by atoms with Crippen molar-refractivity contribution in [2.75, 3.05) is 7.11 Å². The highest BCUT2D eigenvalue weighted by atomic mass is 32.1. The van der Waals surface area contributed by atoms with Gasteiger partial charge >= 0.3 is 5.97 Å². The molecule has 0 aliphatic carbocycles. The van der Waals surface area contributed by atoms with Gasteiger partial charge in [0, 0.05) is 0 Å². The van der Waals surface area contributed by atoms with E-state index in [-0.39, 0.29) is 6.54 Å². The van der Waals surface area contributed by atoms with Crippen molar-refractivity contribution in [3.8, 4) is 5.75 Å². The van der Waals surface area contributed by atoms with Crippen molar-refractivity contribution >= 4 is 33.4 Å². The SMILES string of the molecule is COC(=O)Cn1c(=NC(=O)C(C)Oc2ccccc2)sc2c(C)cc(C)cc21. The highest BCUT2D eigenvalue weighted by Gasteiger charge is 2.17. The lowest BCUT2D eigenvalue weighted by Gasteiger charge is -2.10. The van der Waals surface area contributed by atoms with Gasteiger partial charge in [-0.15, -0.1) is 0 Å². The van der Waals surface area contributed by atoms with Gasteiger partial charge in [0.1, 0.15) is 12.3 Å². The van der Waals surface area contributed by atoms with Crippen molar-refractivity contribution in [1.82, 2.24) is 4.57 Å². The summed E-state index contributed by atoms with van der Waals surface area (Å²) < 4.78 is 13.2. The van der Waals surface area contributed by atoms with Crippen LogP contribution in [0.3, 0.4) is 0 Å². The van der Waals surface area contributed by atoms with Crippen LogP contribution in [0, 0.1) is 13.8 Å². The number of benzene rings is 2. The summed E-state index contributed by atoms with van der Waals surface area (Å²) in [7, 11) is 1.34. The van der Waals surface area contributed by atoms with Gasteiger partial charge in [0.05, 0.1) is 17.3 Å². The number of fused-ring (bicyclic) bond motifs is 1. The monoisotopic (exact) mass is 398 g/mol. The number of para-hydroxylation sites is 1. The molecule has 28 heavy (non-hydrogen) atoms. The fourth-order valence-corrected chi connectivity index (χ4v) is 3.97. The van der Waals surface area contributed by atoms with E-state index in [9.17, 15) is 9.59 Å². The Morgan fingerprint density at radius 3 is 2.57 bits per heavy atom. The first kappa shape index (κ1) is 19.8. The maximum Gasteiger partial charge on any atom is 0.325 e. The topological polar surface area (TPSA) is 69.9 Å². The standard InChI is InChI=1S/C21H22N2O4S/c1-13-10-14(2)19-17(11-13)23(12-18(24)26-4)21(28-19)22-20(25)15(3)27-16-8-6-5-7-9-16/h5-11,15H,12H2,1-4H3. The molecule has 0 bridgehead atoms. The number of aromatic nitrogens is 1. The van der Waals surface area contributed by atoms with Crippen LogP contribution in [0.25, 0.3) is 10.2 Å². The Hall–Kier alpha value is -2.93. The number of thiazole rings is 1. The van der Waals surface area contributed by atoms with Crippen molar-refractivity contribution in [2.45, 2.75) is 33.4 Å². The molecule has 1 atom stereocenters. The zero-order valence-electron chi connectivity index (χ0n) is 16.3. The van der Waals surface area contributed by atoms with Crippen LogP contribution < -0.4 is 9.54 Å². The van der Waals surface area contributed by atoms with Crippen molar-refractivity contribution in [3.63, 3.8) is 0 Å². The summed E-state index contributed by atoms with van der Waals surface area (Å²) in [4.78, 5) is 29.3. The van der Waals surface area contributed by atoms with E-state index in [4.69, 9.17) is 9.47 Å². The third kappa shape index (κ3) is 4.31. The van der Waals surface area contributed by atoms with Crippen LogP contribution in [-0.4, -0.2) is 29.7 Å². The summed E-state index contributed by atoms with van der Waals surface area (Å²) in [6.45, 7) is 5.64. The third-order valence-corrected chi connectivity index (χ3v) is 5.47. The van der Waals surface area contributed by atoms with Crippen molar-refractivity contribution in [1.29, 1.82) is 0 Å². The zero-order chi connectivity index (χ0) is 20.3. The first-order valence-corrected chi connectivity index (χ1v) is 9.68. The lowest BCUT2D eigenvalue weighted by atomic mass is 10.1. The Bertz CT molecular complexity index is 1080. The Morgan fingerprint density at radius 1 is 1.18 bits per heavy atom. The van der Waals surface area contributed by atoms with Gasteiger partial charge in [-0.1, -0.05) is 35.6 Å². The van der Waals surface area contributed by atoms with Crippen LogP contribution in [-0.2, 0) is 20.9 Å². The molecule has 0 saturated heterocycles. The van der Waals surface area contributed by atoms with Crippen LogP contribution >= 0.6 is 11.3 Å². The summed E-state index contributed by atoms with van der Waals surface area (Å²) in [5, 5.41) is 0. The highest BCUT2D eigenvalue weighted by Crippen LogP contribution is 2.23. The van der Waals surface area contributed by atoms with E-state index in [0.717, 1.165) is 21.3 Å². The number of methoxy groups -OCH3 is 1. The minimum Gasteiger partial charge on any atom is -0.481 e. The number of carbonyl (C=O) groups is 2. The normalized spacial score (nSPS) is 12.8. The van der Waals surface area contributed by atoms with E-state index >= 15 is 0 Å². The number of esters is 1. The Balaban J connectivity index is 2.02. The molecule has 1 amide bonds. The van der Waals surface area contributed by atoms with E-state index < -0.39 is 18.0 Å². The molecule has 1 heterocycles. The Labute approximate surface area is 167 Å². The first-order valence-electron chi connectivity index (χ1n) is 8.86. The number of aryl methyl sites for hydroxylation is 2. The summed E-state index contributed by atoms with van der Waals surface area (Å²) in [6.07, 6.45) is -0.748. The number of nitrogens with zero attached hydrogens (tertiary/aromatic N) is 2. The second kappa shape index (κ2) is 8.39. The molecule has 0 spiro atoms. The minimum absolute atomic E-state index is 0.0145. The smallest absolute Gasteiger partial charge is 0.325 e. The molecule has 1 unspecified atom stereocenters. The molecule has 0 aliphatic rings. The van der Waals surface area contributed by atoms with Crippen LogP contribution in [0.1, 0.15) is 18.1 Å². The summed E-state index contributed by atoms with van der Waals surface area (Å²) in [6, 6.07) is 13.2. The van der Waals surface area contributed by atoms with Crippen LogP contribution in [0.2, 0.25) is 0 Å². The third-order valence-electron chi connectivity index (χ3n) is 4.24. The van der Waals surface area contributed by atoms with E-state index in [0.29, 0.717) is 10.6 Å². The van der Waals surface area contributed by atoms with E-state index in [1.165, 1.54) is 18.4 Å². The van der Waals surface area contributed by atoms with Gasteiger partial charge in [0.15, 0.2) is 10.9 Å². The average Bonchev–Trinajstić information content (AvgIpc) is 3.00. The molecule has 3 aromatic rings. The quantitative estimate of drug-likeness (QED) is 0.618. The number of rotatable bonds is 5. The number of carbonyl (C=O) groups excluding carboxylic acids is 2. The highest BCUT2D eigenvalue weighted by molar-refractivity contribution is 7.16. The fraction of sp³-hybridized carbons (Fsp3) is 0.286. The lowest BCUT2D eigenvalue weighted by molar-refractivity contribution is -0.141. The maximum atomic E-state index is 12.6. The average molecular weight is 398 g/mol. The zero-order valence-corrected chi connectivity index (χ0v) is 17.1. The van der Waals surface area contributed by atoms with Gasteiger partial charge < -0.3 is 14.0 Å². The number of hydrogen-bond acceptors (Lipinski definition) is 5. The molecular weight excluding hydrogens is 376 g/mol. The number of amides is 1. The molecule has 0 saturated carbocycles. The molecule has 3 rings (SSSR count). The van der Waals surface area contributed by atoms with Crippen LogP contribution in [0.4, 0.5) is 0 Å². The Kier molecular flexibility index (Phi) is 5.94. The largest absolute Gasteiger partial charge is 0.481 e. The second-order valence-corrected chi connectivity index (χ2v) is 7.48. The fourth-order valence-electron chi connectivity index (χ4n) is 2.88. The van der Waals surface area contributed by atoms with E-state index in [2.05, 4.69) is 11.1 Å². The molecule has 1 aromatic heterocycles. The van der Waals surface area contributed by atoms with Crippen LogP contribution in [0.15, 0.2) is 47.5 Å². The molecular formula is C21H22N2O4S. The van der Waals surface area contributed by atoms with Gasteiger partial charge in [-0.3, -0.25) is 9.59 Å². The van der Waals surface area contributed by atoms with E-state index in [1.54, 1.807) is 23.6 Å². The molecule has 0 radical (unpaired) electrons. The van der Waals surface area contributed by atoms with Gasteiger partial charge in [-0.2, -0.15) is 4.99 Å². The second-order valence-electron chi connectivity index (χ2n) is 6.50. The molecule has 0 N–H and O–H groups in total. The predicted molar refractivity (Wildman–Crippen MR) is 108 cm³/mol. The van der Waals surface area contributed by atoms with Gasteiger partial charge in [-0.25, -0.2) is 0 Å². The van der Waals surface area contributed by atoms with Crippen molar-refractivity contribution in [3.05, 3.63) is 58.4 Å². The minimum atomic E-state index is -0.748. The Morgan fingerprint density at radius 2 is 1.89 bits per heavy atom. The van der Waals surface area contributed by atoms with Gasteiger partial charge in [-0.05, 0) is 50.1 Å². The molecule has 0 fully saturated rings.